The van der Waals surface area contributed by atoms with Crippen LogP contribution in [-0.4, -0.2) is 15.0 Å². The Hall–Kier alpha value is -4.03. The lowest BCUT2D eigenvalue weighted by molar-refractivity contribution is -0.143. The van der Waals surface area contributed by atoms with Crippen molar-refractivity contribution in [3.8, 4) is 11.5 Å². The van der Waals surface area contributed by atoms with E-state index in [0.717, 1.165) is 11.1 Å². The summed E-state index contributed by atoms with van der Waals surface area (Å²) in [5, 5.41) is 0. The number of benzene rings is 4. The number of ether oxygens (including phenoxy) is 2. The smallest absolute Gasteiger partial charge is 0.416 e. The lowest BCUT2D eigenvalue weighted by Crippen LogP contribution is -2.27. The minimum absolute atomic E-state index is 0.0605. The van der Waals surface area contributed by atoms with Gasteiger partial charge in [0.05, 0.1) is 16.0 Å². The lowest BCUT2D eigenvalue weighted by Gasteiger charge is -2.16. The van der Waals surface area contributed by atoms with Crippen LogP contribution in [0, 0.1) is 0 Å². The predicted octanol–water partition coefficient (Wildman–Crippen LogP) is 7.40. The predicted molar refractivity (Wildman–Crippen MR) is 143 cm³/mol. The fourth-order valence-electron chi connectivity index (χ4n) is 3.91. The molecule has 0 amide bonds. The average Bonchev–Trinajstić information content (AvgIpc) is 2.95. The maximum absolute atomic E-state index is 13.2. The second-order valence-electron chi connectivity index (χ2n) is 9.22. The molecule has 0 radical (unpaired) electrons. The Morgan fingerprint density at radius 3 is 1.60 bits per heavy atom. The average molecular weight is 610 g/mol. The molecule has 0 saturated heterocycles. The van der Waals surface area contributed by atoms with Gasteiger partial charge in [-0.15, -0.1) is 0 Å². The highest BCUT2D eigenvalue weighted by molar-refractivity contribution is 7.89. The van der Waals surface area contributed by atoms with Crippen molar-refractivity contribution in [1.82, 2.24) is 4.72 Å². The van der Waals surface area contributed by atoms with E-state index in [2.05, 4.69) is 4.72 Å². The van der Waals surface area contributed by atoms with Gasteiger partial charge in [-0.05, 0) is 53.4 Å². The molecule has 0 saturated carbocycles. The first-order valence-corrected chi connectivity index (χ1v) is 14.0. The molecule has 0 heterocycles. The van der Waals surface area contributed by atoms with Crippen molar-refractivity contribution in [2.45, 2.75) is 36.9 Å². The molecule has 0 aliphatic heterocycles. The second kappa shape index (κ2) is 12.9. The maximum atomic E-state index is 13.2. The molecule has 12 heteroatoms. The summed E-state index contributed by atoms with van der Waals surface area (Å²) in [6, 6.07) is 23.9. The third-order valence-corrected chi connectivity index (χ3v) is 7.50. The minimum atomic E-state index is -5.17. The summed E-state index contributed by atoms with van der Waals surface area (Å²) in [5.74, 6) is 0.811. The van der Waals surface area contributed by atoms with E-state index in [1.54, 1.807) is 18.2 Å². The van der Waals surface area contributed by atoms with Gasteiger partial charge in [-0.2, -0.15) is 26.3 Å². The molecular formula is C30H25F6NO4S. The van der Waals surface area contributed by atoms with Crippen LogP contribution < -0.4 is 14.2 Å². The largest absolute Gasteiger partial charge is 0.485 e. The summed E-state index contributed by atoms with van der Waals surface area (Å²) in [4.78, 5) is -1.14. The molecular weight excluding hydrogens is 584 g/mol. The Morgan fingerprint density at radius 1 is 0.595 bits per heavy atom. The summed E-state index contributed by atoms with van der Waals surface area (Å²) < 4.78 is 119. The quantitative estimate of drug-likeness (QED) is 0.180. The molecule has 1 N–H and O–H groups in total. The molecule has 4 rings (SSSR count). The summed E-state index contributed by atoms with van der Waals surface area (Å²) in [5.41, 5.74) is -1.03. The van der Waals surface area contributed by atoms with Crippen molar-refractivity contribution in [2.75, 3.05) is 6.54 Å². The van der Waals surface area contributed by atoms with Gasteiger partial charge in [0.2, 0.25) is 10.0 Å². The van der Waals surface area contributed by atoms with Crippen molar-refractivity contribution in [2.24, 2.45) is 0 Å². The zero-order valence-electron chi connectivity index (χ0n) is 21.9. The van der Waals surface area contributed by atoms with Gasteiger partial charge < -0.3 is 9.47 Å². The first kappa shape index (κ1) is 30.9. The maximum Gasteiger partial charge on any atom is 0.416 e. The standard InChI is InChI=1S/C30H25F6NO4S/c31-29(32,33)24-16-25(30(34,35)36)18-26(17-24)42(38,39)37-14-13-21-11-12-27(40-19-22-7-3-1-4-8-22)28(15-21)41-20-23-9-5-2-6-10-23/h1-12,15-18,37H,13-14,19-20H2. The van der Waals surface area contributed by atoms with Crippen molar-refractivity contribution in [3.05, 3.63) is 125 Å². The van der Waals surface area contributed by atoms with Crippen LogP contribution in [-0.2, 0) is 42.0 Å². The fourth-order valence-corrected chi connectivity index (χ4v) is 5.01. The molecule has 4 aromatic rings. The van der Waals surface area contributed by atoms with Gasteiger partial charge >= 0.3 is 12.4 Å². The Kier molecular flexibility index (Phi) is 9.47. The van der Waals surface area contributed by atoms with Crippen molar-refractivity contribution >= 4 is 10.0 Å². The number of nitrogens with one attached hydrogen (secondary N) is 1. The first-order valence-electron chi connectivity index (χ1n) is 12.6. The third kappa shape index (κ3) is 8.49. The Morgan fingerprint density at radius 2 is 1.10 bits per heavy atom. The van der Waals surface area contributed by atoms with Crippen LogP contribution in [0.4, 0.5) is 26.3 Å². The van der Waals surface area contributed by atoms with Gasteiger partial charge in [0.25, 0.3) is 0 Å². The van der Waals surface area contributed by atoms with E-state index in [-0.39, 0.29) is 44.4 Å². The van der Waals surface area contributed by atoms with Crippen LogP contribution in [0.3, 0.4) is 0 Å². The van der Waals surface area contributed by atoms with Gasteiger partial charge in [-0.3, -0.25) is 0 Å². The molecule has 0 spiro atoms. The van der Waals surface area contributed by atoms with Crippen molar-refractivity contribution in [1.29, 1.82) is 0 Å². The molecule has 0 fully saturated rings. The van der Waals surface area contributed by atoms with E-state index in [1.807, 2.05) is 60.7 Å². The Labute approximate surface area is 238 Å². The summed E-state index contributed by atoms with van der Waals surface area (Å²) in [7, 11) is -4.71. The van der Waals surface area contributed by atoms with Crippen LogP contribution in [0.15, 0.2) is 102 Å². The monoisotopic (exact) mass is 609 g/mol. The highest BCUT2D eigenvalue weighted by Crippen LogP contribution is 2.37. The number of sulfonamides is 1. The van der Waals surface area contributed by atoms with Crippen LogP contribution in [0.5, 0.6) is 11.5 Å². The number of alkyl halides is 6. The van der Waals surface area contributed by atoms with E-state index in [9.17, 15) is 34.8 Å². The lowest BCUT2D eigenvalue weighted by atomic mass is 10.1. The van der Waals surface area contributed by atoms with Gasteiger partial charge in [0.1, 0.15) is 13.2 Å². The highest BCUT2D eigenvalue weighted by Gasteiger charge is 2.38. The Balaban J connectivity index is 1.50. The second-order valence-corrected chi connectivity index (χ2v) is 11.0. The third-order valence-electron chi connectivity index (χ3n) is 6.06. The van der Waals surface area contributed by atoms with E-state index >= 15 is 0 Å². The van der Waals surface area contributed by atoms with Crippen LogP contribution in [0.2, 0.25) is 0 Å². The molecule has 0 aliphatic rings. The summed E-state index contributed by atoms with van der Waals surface area (Å²) in [6.45, 7) is 0.177. The highest BCUT2D eigenvalue weighted by atomic mass is 32.2. The number of hydrogen-bond acceptors (Lipinski definition) is 4. The molecule has 5 nitrogen and oxygen atoms in total. The van der Waals surface area contributed by atoms with Crippen molar-refractivity contribution in [3.63, 3.8) is 0 Å². The number of halogens is 6. The molecule has 42 heavy (non-hydrogen) atoms. The zero-order valence-corrected chi connectivity index (χ0v) is 22.7. The topological polar surface area (TPSA) is 64.6 Å². The number of rotatable bonds is 11. The van der Waals surface area contributed by atoms with Gasteiger partial charge in [0, 0.05) is 6.54 Å². The molecule has 0 aliphatic carbocycles. The van der Waals surface area contributed by atoms with Crippen LogP contribution in [0.25, 0.3) is 0 Å². The molecule has 0 unspecified atom stereocenters. The molecule has 0 aromatic heterocycles. The van der Waals surface area contributed by atoms with Crippen LogP contribution in [0.1, 0.15) is 27.8 Å². The molecule has 4 aromatic carbocycles. The van der Waals surface area contributed by atoms with Gasteiger partial charge in [-0.25, -0.2) is 13.1 Å². The van der Waals surface area contributed by atoms with Crippen LogP contribution >= 0.6 is 0 Å². The molecule has 222 valence electrons. The fraction of sp³-hybridized carbons (Fsp3) is 0.200. The Bertz CT molecular complexity index is 1560. The molecule has 0 atom stereocenters. The SMILES string of the molecule is O=S(=O)(NCCc1ccc(OCc2ccccc2)c(OCc2ccccc2)c1)c1cc(C(F)(F)F)cc(C(F)(F)F)c1. The number of hydrogen-bond donors (Lipinski definition) is 1. The first-order chi connectivity index (χ1) is 19.8. The zero-order chi connectivity index (χ0) is 30.4. The normalized spacial score (nSPS) is 12.2. The van der Waals surface area contributed by atoms with E-state index < -0.39 is 38.4 Å². The summed E-state index contributed by atoms with van der Waals surface area (Å²) >= 11 is 0. The molecule has 0 bridgehead atoms. The van der Waals surface area contributed by atoms with E-state index in [1.165, 1.54) is 0 Å². The van der Waals surface area contributed by atoms with Gasteiger partial charge in [0.15, 0.2) is 11.5 Å². The van der Waals surface area contributed by atoms with Gasteiger partial charge in [-0.1, -0.05) is 66.7 Å². The summed E-state index contributed by atoms with van der Waals surface area (Å²) in [6.07, 6.45) is -10.3. The van der Waals surface area contributed by atoms with E-state index in [4.69, 9.17) is 9.47 Å². The minimum Gasteiger partial charge on any atom is -0.485 e. The van der Waals surface area contributed by atoms with Crippen molar-refractivity contribution < 1.29 is 44.2 Å². The van der Waals surface area contributed by atoms with E-state index in [0.29, 0.717) is 17.1 Å².